The molecule has 21 heavy (non-hydrogen) atoms. The summed E-state index contributed by atoms with van der Waals surface area (Å²) in [5.74, 6) is -1.43. The van der Waals surface area contributed by atoms with Crippen LogP contribution in [-0.4, -0.2) is 21.9 Å². The Kier molecular flexibility index (Phi) is 2.81. The minimum absolute atomic E-state index is 0.0321. The van der Waals surface area contributed by atoms with Gasteiger partial charge in [-0.05, 0) is 17.7 Å². The number of benzene rings is 2. The number of nitrogen functional groups attached to an aromatic ring is 1. The Hall–Kier alpha value is -2.66. The Morgan fingerprint density at radius 2 is 1.62 bits per heavy atom. The Morgan fingerprint density at radius 3 is 2.19 bits per heavy atom. The van der Waals surface area contributed by atoms with Gasteiger partial charge in [-0.1, -0.05) is 24.3 Å². The normalized spacial score (nSPS) is 12.8. The molecule has 3 N–H and O–H groups in total. The molecule has 0 aliphatic heterocycles. The third kappa shape index (κ3) is 1.75. The van der Waals surface area contributed by atoms with Crippen molar-refractivity contribution in [3.63, 3.8) is 0 Å². The van der Waals surface area contributed by atoms with Gasteiger partial charge in [0.05, 0.1) is 16.8 Å². The average molecular weight is 302 g/mol. The lowest BCUT2D eigenvalue weighted by atomic mass is 9.82. The highest BCUT2D eigenvalue weighted by Crippen LogP contribution is 2.37. The first-order chi connectivity index (χ1) is 9.93. The van der Waals surface area contributed by atoms with Gasteiger partial charge in [0.2, 0.25) is 0 Å². The number of aromatic hydroxyl groups is 1. The summed E-state index contributed by atoms with van der Waals surface area (Å²) >= 11 is 5.37. The van der Waals surface area contributed by atoms with Crippen LogP contribution in [0.1, 0.15) is 42.2 Å². The molecule has 5 nitrogen and oxygen atoms in total. The fraction of sp³-hybridized carbons (Fsp3) is 0. The van der Waals surface area contributed by atoms with Gasteiger partial charge >= 0.3 is 0 Å². The largest absolute Gasteiger partial charge is 0.507 e. The van der Waals surface area contributed by atoms with Crippen LogP contribution in [-0.2, 0) is 0 Å². The quantitative estimate of drug-likeness (QED) is 0.530. The first-order valence-corrected chi connectivity index (χ1v) is 6.35. The van der Waals surface area contributed by atoms with Crippen LogP contribution < -0.4 is 5.73 Å². The van der Waals surface area contributed by atoms with Crippen molar-refractivity contribution in [1.82, 2.24) is 0 Å². The van der Waals surface area contributed by atoms with E-state index in [9.17, 15) is 19.5 Å². The monoisotopic (exact) mass is 301 g/mol. The number of phenols is 1. The Labute approximate surface area is 123 Å². The number of phenolic OH excluding ortho intramolecular Hbond substituents is 1. The van der Waals surface area contributed by atoms with E-state index < -0.39 is 22.6 Å². The van der Waals surface area contributed by atoms with Gasteiger partial charge in [0.1, 0.15) is 5.75 Å². The van der Waals surface area contributed by atoms with E-state index in [0.717, 1.165) is 6.07 Å². The fourth-order valence-corrected chi connectivity index (χ4v) is 2.68. The third-order valence-electron chi connectivity index (χ3n) is 3.43. The van der Waals surface area contributed by atoms with Gasteiger partial charge in [-0.15, -0.1) is 0 Å². The van der Waals surface area contributed by atoms with E-state index in [1.54, 1.807) is 12.1 Å². The molecule has 2 aromatic rings. The fourth-order valence-electron chi connectivity index (χ4n) is 2.48. The van der Waals surface area contributed by atoms with Crippen molar-refractivity contribution < 1.29 is 19.5 Å². The first-order valence-electron chi connectivity index (χ1n) is 5.97. The van der Waals surface area contributed by atoms with Crippen LogP contribution in [0.2, 0.25) is 0 Å². The Bertz CT molecular complexity index is 842. The maximum absolute atomic E-state index is 12.5. The van der Waals surface area contributed by atoms with Gasteiger partial charge < -0.3 is 10.8 Å². The van der Waals surface area contributed by atoms with Crippen LogP contribution in [0.15, 0.2) is 30.3 Å². The van der Waals surface area contributed by atoms with Crippen molar-refractivity contribution in [1.29, 1.82) is 0 Å². The molecule has 0 atom stereocenters. The van der Waals surface area contributed by atoms with Gasteiger partial charge in [0.15, 0.2) is 11.6 Å². The van der Waals surface area contributed by atoms with Gasteiger partial charge in [0.25, 0.3) is 5.24 Å². The van der Waals surface area contributed by atoms with E-state index in [1.807, 2.05) is 0 Å². The molecule has 0 saturated heterocycles. The van der Waals surface area contributed by atoms with E-state index >= 15 is 0 Å². The van der Waals surface area contributed by atoms with Crippen LogP contribution in [0.5, 0.6) is 5.75 Å². The SMILES string of the molecule is Nc1c(C(=O)Cl)c(O)cc2c1C(=O)c1ccccc1C2=O. The molecule has 1 aliphatic carbocycles. The van der Waals surface area contributed by atoms with Crippen LogP contribution >= 0.6 is 11.6 Å². The van der Waals surface area contributed by atoms with Crippen molar-refractivity contribution in [2.75, 3.05) is 5.73 Å². The zero-order valence-corrected chi connectivity index (χ0v) is 11.3. The second-order valence-electron chi connectivity index (χ2n) is 4.58. The summed E-state index contributed by atoms with van der Waals surface area (Å²) in [6.45, 7) is 0. The molecule has 0 bridgehead atoms. The molecule has 0 aromatic heterocycles. The first kappa shape index (κ1) is 13.3. The number of fused-ring (bicyclic) bond motifs is 2. The van der Waals surface area contributed by atoms with Gasteiger partial charge in [-0.3, -0.25) is 14.4 Å². The average Bonchev–Trinajstić information content (AvgIpc) is 2.44. The van der Waals surface area contributed by atoms with Crippen LogP contribution in [0.4, 0.5) is 5.69 Å². The van der Waals surface area contributed by atoms with E-state index in [-0.39, 0.29) is 33.5 Å². The minimum atomic E-state index is -0.994. The second kappa shape index (κ2) is 4.43. The number of carbonyl (C=O) groups excluding carboxylic acids is 3. The standard InChI is InChI=1S/C15H8ClNO4/c16-15(21)11-9(18)5-8-10(12(11)17)14(20)7-4-2-1-3-6(7)13(8)19/h1-5,18H,17H2. The number of ketones is 2. The molecule has 6 heteroatoms. The van der Waals surface area contributed by atoms with Crippen molar-refractivity contribution in [2.45, 2.75) is 0 Å². The molecule has 0 amide bonds. The van der Waals surface area contributed by atoms with Gasteiger partial charge in [-0.25, -0.2) is 0 Å². The summed E-state index contributed by atoms with van der Waals surface area (Å²) in [4.78, 5) is 36.2. The number of halogens is 1. The molecular formula is C15H8ClNO4. The lowest BCUT2D eigenvalue weighted by Gasteiger charge is -2.20. The molecule has 0 radical (unpaired) electrons. The summed E-state index contributed by atoms with van der Waals surface area (Å²) in [7, 11) is 0. The Morgan fingerprint density at radius 1 is 1.05 bits per heavy atom. The molecule has 2 aromatic carbocycles. The van der Waals surface area contributed by atoms with Crippen LogP contribution in [0, 0.1) is 0 Å². The van der Waals surface area contributed by atoms with Gasteiger partial charge in [-0.2, -0.15) is 0 Å². The smallest absolute Gasteiger partial charge is 0.258 e. The van der Waals surface area contributed by atoms with Crippen molar-refractivity contribution >= 4 is 34.1 Å². The summed E-state index contributed by atoms with van der Waals surface area (Å²) in [6, 6.07) is 7.34. The maximum Gasteiger partial charge on any atom is 0.258 e. The summed E-state index contributed by atoms with van der Waals surface area (Å²) in [6.07, 6.45) is 0. The number of hydrogen-bond acceptors (Lipinski definition) is 5. The van der Waals surface area contributed by atoms with E-state index in [4.69, 9.17) is 17.3 Å². The molecule has 0 saturated carbocycles. The van der Waals surface area contributed by atoms with Gasteiger partial charge in [0, 0.05) is 16.7 Å². The zero-order chi connectivity index (χ0) is 15.3. The lowest BCUT2D eigenvalue weighted by Crippen LogP contribution is -2.23. The highest BCUT2D eigenvalue weighted by atomic mass is 35.5. The number of rotatable bonds is 1. The minimum Gasteiger partial charge on any atom is -0.507 e. The predicted molar refractivity (Wildman–Crippen MR) is 76.0 cm³/mol. The summed E-state index contributed by atoms with van der Waals surface area (Å²) < 4.78 is 0. The third-order valence-corrected chi connectivity index (χ3v) is 3.62. The highest BCUT2D eigenvalue weighted by Gasteiger charge is 2.34. The highest BCUT2D eigenvalue weighted by molar-refractivity contribution is 6.68. The Balaban J connectivity index is 2.39. The molecule has 3 rings (SSSR count). The van der Waals surface area contributed by atoms with E-state index in [1.165, 1.54) is 12.1 Å². The van der Waals surface area contributed by atoms with Crippen LogP contribution in [0.25, 0.3) is 0 Å². The molecule has 0 unspecified atom stereocenters. The zero-order valence-electron chi connectivity index (χ0n) is 10.5. The molecule has 0 fully saturated rings. The summed E-state index contributed by atoms with van der Waals surface area (Å²) in [5.41, 5.74) is 5.45. The van der Waals surface area contributed by atoms with E-state index in [2.05, 4.69) is 0 Å². The number of anilines is 1. The van der Waals surface area contributed by atoms with Crippen LogP contribution in [0.3, 0.4) is 0 Å². The molecule has 1 aliphatic rings. The maximum atomic E-state index is 12.5. The van der Waals surface area contributed by atoms with Crippen molar-refractivity contribution in [3.8, 4) is 5.75 Å². The van der Waals surface area contributed by atoms with E-state index in [0.29, 0.717) is 0 Å². The lowest BCUT2D eigenvalue weighted by molar-refractivity contribution is 0.0979. The molecule has 0 heterocycles. The number of hydrogen-bond donors (Lipinski definition) is 2. The van der Waals surface area contributed by atoms with Crippen molar-refractivity contribution in [2.24, 2.45) is 0 Å². The topological polar surface area (TPSA) is 97.5 Å². The number of nitrogens with two attached hydrogens (primary N) is 1. The molecule has 104 valence electrons. The summed E-state index contributed by atoms with van der Waals surface area (Å²) in [5, 5.41) is 8.83. The molecular weight excluding hydrogens is 294 g/mol. The second-order valence-corrected chi connectivity index (χ2v) is 4.93. The molecule has 0 spiro atoms. The van der Waals surface area contributed by atoms with Crippen molar-refractivity contribution in [3.05, 3.63) is 58.1 Å². The predicted octanol–water partition coefficient (Wildman–Crippen LogP) is 2.13. The number of carbonyl (C=O) groups is 3.